The maximum atomic E-state index is 12.3. The maximum Gasteiger partial charge on any atom is 0.312 e. The third-order valence-electron chi connectivity index (χ3n) is 5.27. The van der Waals surface area contributed by atoms with E-state index in [-0.39, 0.29) is 22.8 Å². The number of phenols is 1. The van der Waals surface area contributed by atoms with Gasteiger partial charge >= 0.3 is 5.69 Å². The Morgan fingerprint density at radius 3 is 2.92 bits per heavy atom. The van der Waals surface area contributed by atoms with Crippen molar-refractivity contribution in [1.29, 1.82) is 0 Å². The third-order valence-corrected chi connectivity index (χ3v) is 5.73. The van der Waals surface area contributed by atoms with Gasteiger partial charge in [0.05, 0.1) is 11.1 Å². The van der Waals surface area contributed by atoms with Gasteiger partial charge in [-0.25, -0.2) is 5.43 Å². The Hall–Kier alpha value is -1.96. The van der Waals surface area contributed by atoms with Gasteiger partial charge in [0.1, 0.15) is 0 Å². The molecular weight excluding hydrogens is 378 g/mol. The molecule has 24 heavy (non-hydrogen) atoms. The van der Waals surface area contributed by atoms with E-state index in [0.717, 1.165) is 19.3 Å². The van der Waals surface area contributed by atoms with Crippen molar-refractivity contribution >= 4 is 33.7 Å². The summed E-state index contributed by atoms with van der Waals surface area (Å²) in [6.07, 6.45) is 5.70. The van der Waals surface area contributed by atoms with E-state index in [0.29, 0.717) is 10.4 Å². The van der Waals surface area contributed by atoms with Gasteiger partial charge in [-0.2, -0.15) is 5.10 Å². The second-order valence-corrected chi connectivity index (χ2v) is 7.61. The van der Waals surface area contributed by atoms with Gasteiger partial charge in [-0.1, -0.05) is 35.7 Å². The summed E-state index contributed by atoms with van der Waals surface area (Å²) in [6.45, 7) is 2.15. The fraction of sp³-hybridized carbons (Fsp3) is 0.500. The lowest BCUT2D eigenvalue weighted by atomic mass is 9.90. The molecule has 0 aromatic heterocycles. The first-order chi connectivity index (χ1) is 11.3. The SMILES string of the molecule is C[C@@]12CCCC[C@@H]1[C@@H]2C(=O)N/N=C\c1cc(Br)cc([N+](=O)[O-])c1O. The van der Waals surface area contributed by atoms with Gasteiger partial charge in [0.2, 0.25) is 11.7 Å². The van der Waals surface area contributed by atoms with Crippen LogP contribution in [0.15, 0.2) is 21.7 Å². The number of carbonyl (C=O) groups excluding carboxylic acids is 1. The molecule has 0 heterocycles. The number of rotatable bonds is 4. The zero-order valence-corrected chi connectivity index (χ0v) is 14.7. The molecule has 2 aliphatic rings. The molecule has 0 radical (unpaired) electrons. The number of nitrogens with one attached hydrogen (secondary N) is 1. The van der Waals surface area contributed by atoms with Gasteiger partial charge in [-0.05, 0) is 30.2 Å². The lowest BCUT2D eigenvalue weighted by molar-refractivity contribution is -0.385. The third kappa shape index (κ3) is 2.90. The predicted octanol–water partition coefficient (Wildman–Crippen LogP) is 3.34. The number of nitro groups is 1. The van der Waals surface area contributed by atoms with Gasteiger partial charge in [-0.15, -0.1) is 0 Å². The van der Waals surface area contributed by atoms with Crippen LogP contribution in [-0.2, 0) is 4.79 Å². The number of phenolic OH excluding ortho intramolecular Hbond substituents is 1. The van der Waals surface area contributed by atoms with Crippen molar-refractivity contribution < 1.29 is 14.8 Å². The zero-order valence-electron chi connectivity index (χ0n) is 13.2. The van der Waals surface area contributed by atoms with Crippen molar-refractivity contribution in [2.75, 3.05) is 0 Å². The van der Waals surface area contributed by atoms with Crippen molar-refractivity contribution in [2.45, 2.75) is 32.6 Å². The highest BCUT2D eigenvalue weighted by atomic mass is 79.9. The molecule has 7 nitrogen and oxygen atoms in total. The molecule has 2 fully saturated rings. The number of aromatic hydroxyl groups is 1. The predicted molar refractivity (Wildman–Crippen MR) is 91.8 cm³/mol. The average molecular weight is 396 g/mol. The Morgan fingerprint density at radius 1 is 1.54 bits per heavy atom. The van der Waals surface area contributed by atoms with E-state index in [1.54, 1.807) is 0 Å². The van der Waals surface area contributed by atoms with E-state index in [2.05, 4.69) is 33.4 Å². The van der Waals surface area contributed by atoms with Crippen LogP contribution in [0.4, 0.5) is 5.69 Å². The number of nitro benzene ring substituents is 1. The minimum Gasteiger partial charge on any atom is -0.502 e. The molecule has 0 unspecified atom stereocenters. The summed E-state index contributed by atoms with van der Waals surface area (Å²) < 4.78 is 0.445. The van der Waals surface area contributed by atoms with Crippen molar-refractivity contribution in [1.82, 2.24) is 5.43 Å². The fourth-order valence-corrected chi connectivity index (χ4v) is 4.39. The fourth-order valence-electron chi connectivity index (χ4n) is 3.93. The van der Waals surface area contributed by atoms with Crippen LogP contribution in [0, 0.1) is 27.4 Å². The van der Waals surface area contributed by atoms with E-state index >= 15 is 0 Å². The molecule has 3 atom stereocenters. The van der Waals surface area contributed by atoms with E-state index in [4.69, 9.17) is 0 Å². The van der Waals surface area contributed by atoms with Crippen LogP contribution in [-0.4, -0.2) is 22.2 Å². The topological polar surface area (TPSA) is 105 Å². The Balaban J connectivity index is 1.69. The lowest BCUT2D eigenvalue weighted by Crippen LogP contribution is -2.22. The molecule has 3 rings (SSSR count). The molecular formula is C16H18BrN3O4. The zero-order chi connectivity index (χ0) is 17.5. The van der Waals surface area contributed by atoms with E-state index in [1.807, 2.05) is 0 Å². The Bertz CT molecular complexity index is 736. The lowest BCUT2D eigenvalue weighted by Gasteiger charge is -2.15. The van der Waals surface area contributed by atoms with Crippen LogP contribution in [0.5, 0.6) is 5.75 Å². The number of benzene rings is 1. The van der Waals surface area contributed by atoms with E-state index < -0.39 is 16.4 Å². The van der Waals surface area contributed by atoms with Crippen LogP contribution < -0.4 is 5.43 Å². The van der Waals surface area contributed by atoms with Crippen molar-refractivity contribution in [2.24, 2.45) is 22.4 Å². The number of amides is 1. The smallest absolute Gasteiger partial charge is 0.312 e. The number of carbonyl (C=O) groups is 1. The number of hydrogen-bond donors (Lipinski definition) is 2. The Labute approximate surface area is 147 Å². The maximum absolute atomic E-state index is 12.3. The molecule has 0 spiro atoms. The molecule has 8 heteroatoms. The van der Waals surface area contributed by atoms with Gasteiger partial charge in [0, 0.05) is 22.0 Å². The number of nitrogens with zero attached hydrogens (tertiary/aromatic N) is 2. The molecule has 1 amide bonds. The molecule has 0 bridgehead atoms. The van der Waals surface area contributed by atoms with Crippen LogP contribution >= 0.6 is 15.9 Å². The van der Waals surface area contributed by atoms with Crippen LogP contribution in [0.2, 0.25) is 0 Å². The number of hydrazone groups is 1. The summed E-state index contributed by atoms with van der Waals surface area (Å²) >= 11 is 3.15. The Morgan fingerprint density at radius 2 is 2.29 bits per heavy atom. The average Bonchev–Trinajstić information content (AvgIpc) is 3.15. The molecule has 2 saturated carbocycles. The normalized spacial score (nSPS) is 28.4. The molecule has 1 aromatic rings. The standard InChI is InChI=1S/C16H18BrN3O4/c1-16-5-3-2-4-11(16)13(16)15(22)19-18-8-9-6-10(17)7-12(14(9)21)20(23)24/h6-8,11,13,21H,2-5H2,1H3,(H,19,22)/b18-8-/t11-,13-,16-/m1/s1. The summed E-state index contributed by atoms with van der Waals surface area (Å²) in [4.78, 5) is 22.5. The number of halogens is 1. The van der Waals surface area contributed by atoms with Crippen molar-refractivity contribution in [3.05, 3.63) is 32.3 Å². The number of fused-ring (bicyclic) bond motifs is 1. The molecule has 0 aliphatic heterocycles. The van der Waals surface area contributed by atoms with Crippen LogP contribution in [0.25, 0.3) is 0 Å². The molecule has 128 valence electrons. The Kier molecular flexibility index (Phi) is 4.33. The first kappa shape index (κ1) is 16.9. The molecule has 2 aliphatic carbocycles. The summed E-state index contributed by atoms with van der Waals surface area (Å²) in [7, 11) is 0. The van der Waals surface area contributed by atoms with Gasteiger partial charge in [-0.3, -0.25) is 14.9 Å². The summed E-state index contributed by atoms with van der Waals surface area (Å²) in [6, 6.07) is 2.71. The molecule has 1 aromatic carbocycles. The van der Waals surface area contributed by atoms with Gasteiger partial charge in [0.15, 0.2) is 0 Å². The summed E-state index contributed by atoms with van der Waals surface area (Å²) in [5.74, 6) is -0.178. The minimum atomic E-state index is -0.675. The minimum absolute atomic E-state index is 0.0115. The first-order valence-electron chi connectivity index (χ1n) is 7.84. The summed E-state index contributed by atoms with van der Waals surface area (Å²) in [5.41, 5.74) is 2.34. The van der Waals surface area contributed by atoms with Crippen LogP contribution in [0.3, 0.4) is 0 Å². The number of hydrogen-bond acceptors (Lipinski definition) is 5. The molecule has 2 N–H and O–H groups in total. The van der Waals surface area contributed by atoms with Crippen molar-refractivity contribution in [3.63, 3.8) is 0 Å². The highest BCUT2D eigenvalue weighted by molar-refractivity contribution is 9.10. The second kappa shape index (κ2) is 6.16. The first-order valence-corrected chi connectivity index (χ1v) is 8.63. The quantitative estimate of drug-likeness (QED) is 0.463. The monoisotopic (exact) mass is 395 g/mol. The highest BCUT2D eigenvalue weighted by Gasteiger charge is 2.64. The second-order valence-electron chi connectivity index (χ2n) is 6.69. The highest BCUT2D eigenvalue weighted by Crippen LogP contribution is 2.66. The van der Waals surface area contributed by atoms with E-state index in [9.17, 15) is 20.0 Å². The van der Waals surface area contributed by atoms with Crippen molar-refractivity contribution in [3.8, 4) is 5.75 Å². The van der Waals surface area contributed by atoms with Gasteiger partial charge in [0.25, 0.3) is 0 Å². The van der Waals surface area contributed by atoms with Gasteiger partial charge < -0.3 is 5.11 Å². The van der Waals surface area contributed by atoms with E-state index in [1.165, 1.54) is 24.8 Å². The van der Waals surface area contributed by atoms with Crippen LogP contribution in [0.1, 0.15) is 38.2 Å². The summed E-state index contributed by atoms with van der Waals surface area (Å²) in [5, 5.41) is 24.7. The largest absolute Gasteiger partial charge is 0.502 e. The molecule has 0 saturated heterocycles.